The van der Waals surface area contributed by atoms with E-state index in [2.05, 4.69) is 19.9 Å². The molecule has 2 N–H and O–H groups in total. The topological polar surface area (TPSA) is 144 Å². The monoisotopic (exact) mass is 556 g/mol. The molecule has 0 aliphatic carbocycles. The van der Waals surface area contributed by atoms with E-state index in [4.69, 9.17) is 34.0 Å². The smallest absolute Gasteiger partial charge is 0.490 e. The van der Waals surface area contributed by atoms with Gasteiger partial charge >= 0.3 is 24.3 Å². The van der Waals surface area contributed by atoms with E-state index < -0.39 is 24.3 Å². The first-order valence-electron chi connectivity index (χ1n) is 10.6. The number of ether oxygens (including phenoxy) is 3. The molecule has 210 valence electrons. The Bertz CT molecular complexity index is 1040. The van der Waals surface area contributed by atoms with Gasteiger partial charge in [-0.1, -0.05) is 0 Å². The minimum Gasteiger partial charge on any atom is -0.492 e. The van der Waals surface area contributed by atoms with Crippen molar-refractivity contribution >= 4 is 17.8 Å². The number of halogens is 6. The van der Waals surface area contributed by atoms with Gasteiger partial charge in [0, 0.05) is 24.8 Å². The van der Waals surface area contributed by atoms with Crippen LogP contribution in [0.15, 0.2) is 36.9 Å². The molecule has 2 aliphatic rings. The van der Waals surface area contributed by atoms with Crippen LogP contribution in [0.3, 0.4) is 0 Å². The van der Waals surface area contributed by atoms with Gasteiger partial charge in [-0.15, -0.1) is 0 Å². The molecular weight excluding hydrogens is 534 g/mol. The summed E-state index contributed by atoms with van der Waals surface area (Å²) in [6.45, 7) is 3.05. The minimum absolute atomic E-state index is 0.138. The second kappa shape index (κ2) is 12.6. The molecule has 2 fully saturated rings. The minimum atomic E-state index is -5.08. The number of carbonyl (C=O) groups is 2. The first-order chi connectivity index (χ1) is 17.7. The highest BCUT2D eigenvalue weighted by Crippen LogP contribution is 2.41. The molecule has 2 aliphatic heterocycles. The Kier molecular flexibility index (Phi) is 10.0. The molecule has 11 nitrogen and oxygen atoms in total. The zero-order chi connectivity index (χ0) is 28.6. The van der Waals surface area contributed by atoms with Crippen molar-refractivity contribution in [2.24, 2.45) is 5.92 Å². The average molecular weight is 556 g/mol. The van der Waals surface area contributed by atoms with Crippen LogP contribution in [0.5, 0.6) is 11.6 Å². The Morgan fingerprint density at radius 3 is 2.24 bits per heavy atom. The predicted molar refractivity (Wildman–Crippen MR) is 115 cm³/mol. The van der Waals surface area contributed by atoms with Crippen LogP contribution < -0.4 is 14.4 Å². The predicted octanol–water partition coefficient (Wildman–Crippen LogP) is 2.82. The Balaban J connectivity index is 0.000000301. The molecule has 0 saturated carbocycles. The summed E-state index contributed by atoms with van der Waals surface area (Å²) in [5.74, 6) is -2.89. The van der Waals surface area contributed by atoms with Gasteiger partial charge in [-0.25, -0.2) is 19.6 Å². The van der Waals surface area contributed by atoms with Crippen LogP contribution in [0.2, 0.25) is 0 Å². The number of pyridine rings is 1. The molecule has 17 heteroatoms. The molecule has 1 unspecified atom stereocenters. The molecule has 4 heterocycles. The number of carboxylic acid groups (broad SMARTS) is 2. The van der Waals surface area contributed by atoms with Crippen LogP contribution in [0.1, 0.15) is 6.42 Å². The molecule has 1 atom stereocenters. The summed E-state index contributed by atoms with van der Waals surface area (Å²) in [7, 11) is 1.61. The second-order valence-corrected chi connectivity index (χ2v) is 7.78. The van der Waals surface area contributed by atoms with Gasteiger partial charge in [0.1, 0.15) is 23.5 Å². The van der Waals surface area contributed by atoms with Gasteiger partial charge in [-0.2, -0.15) is 26.3 Å². The van der Waals surface area contributed by atoms with Crippen molar-refractivity contribution in [3.8, 4) is 11.6 Å². The highest BCUT2D eigenvalue weighted by Gasteiger charge is 2.53. The molecule has 2 saturated heterocycles. The summed E-state index contributed by atoms with van der Waals surface area (Å²) in [6.07, 6.45) is -4.14. The quantitative estimate of drug-likeness (QED) is 0.525. The zero-order valence-corrected chi connectivity index (χ0v) is 19.6. The molecule has 0 radical (unpaired) electrons. The fourth-order valence-electron chi connectivity index (χ4n) is 3.38. The molecule has 4 rings (SSSR count). The summed E-state index contributed by atoms with van der Waals surface area (Å²) in [4.78, 5) is 32.4. The van der Waals surface area contributed by atoms with Crippen LogP contribution in [0.4, 0.5) is 32.2 Å². The number of anilines is 1. The van der Waals surface area contributed by atoms with E-state index in [9.17, 15) is 26.3 Å². The van der Waals surface area contributed by atoms with Crippen LogP contribution in [-0.4, -0.2) is 88.5 Å². The number of methoxy groups -OCH3 is 1. The second-order valence-electron chi connectivity index (χ2n) is 7.78. The van der Waals surface area contributed by atoms with Gasteiger partial charge in [0.25, 0.3) is 0 Å². The summed E-state index contributed by atoms with van der Waals surface area (Å²) in [5, 5.41) is 14.2. The molecule has 0 aromatic carbocycles. The summed E-state index contributed by atoms with van der Waals surface area (Å²) >= 11 is 0. The Morgan fingerprint density at radius 2 is 1.74 bits per heavy atom. The Labute approximate surface area is 211 Å². The first kappa shape index (κ1) is 30.3. The third kappa shape index (κ3) is 8.60. The van der Waals surface area contributed by atoms with E-state index in [-0.39, 0.29) is 5.60 Å². The highest BCUT2D eigenvalue weighted by atomic mass is 19.4. The lowest BCUT2D eigenvalue weighted by Crippen LogP contribution is -2.65. The molecule has 1 spiro atoms. The number of aromatic nitrogens is 3. The molecule has 38 heavy (non-hydrogen) atoms. The van der Waals surface area contributed by atoms with Crippen LogP contribution in [-0.2, 0) is 14.3 Å². The number of carboxylic acids is 2. The lowest BCUT2D eigenvalue weighted by Gasteiger charge is -2.50. The zero-order valence-electron chi connectivity index (χ0n) is 19.6. The van der Waals surface area contributed by atoms with E-state index in [1.165, 1.54) is 6.33 Å². The number of alkyl halides is 6. The molecule has 2 aromatic heterocycles. The van der Waals surface area contributed by atoms with Crippen LogP contribution in [0.25, 0.3) is 0 Å². The van der Waals surface area contributed by atoms with Crippen molar-refractivity contribution in [3.05, 3.63) is 36.9 Å². The normalized spacial score (nSPS) is 17.8. The van der Waals surface area contributed by atoms with Crippen LogP contribution in [0, 0.1) is 5.92 Å². The van der Waals surface area contributed by atoms with Crippen molar-refractivity contribution in [2.75, 3.05) is 38.3 Å². The maximum absolute atomic E-state index is 10.6. The molecular formula is C21H22F6N4O7. The van der Waals surface area contributed by atoms with Gasteiger partial charge in [-0.3, -0.25) is 4.98 Å². The van der Waals surface area contributed by atoms with Gasteiger partial charge in [0.05, 0.1) is 33.0 Å². The summed E-state index contributed by atoms with van der Waals surface area (Å²) in [5.41, 5.74) is -0.138. The number of rotatable bonds is 5. The molecule has 2 aromatic rings. The van der Waals surface area contributed by atoms with Gasteiger partial charge in [0.15, 0.2) is 0 Å². The number of hydrogen-bond donors (Lipinski definition) is 2. The lowest BCUT2D eigenvalue weighted by atomic mass is 9.81. The molecule has 0 bridgehead atoms. The first-order valence-corrected chi connectivity index (χ1v) is 10.6. The lowest BCUT2D eigenvalue weighted by molar-refractivity contribution is -0.193. The highest BCUT2D eigenvalue weighted by molar-refractivity contribution is 5.73. The van der Waals surface area contributed by atoms with E-state index in [0.717, 1.165) is 37.7 Å². The largest absolute Gasteiger partial charge is 0.492 e. The standard InChI is InChI=1S/C17H20N4O3.2C2HF3O2/c1-22-16-7-15(19-12-20-16)21-10-17(11-21)13(4-6-24-17)9-23-14-3-2-5-18-8-14;2*3-2(4,5)1(6)7/h2-3,5,7-8,12-13H,4,6,9-11H2,1H3;2*(H,6,7). The van der Waals surface area contributed by atoms with Crippen LogP contribution >= 0.6 is 0 Å². The Morgan fingerprint density at radius 1 is 1.13 bits per heavy atom. The summed E-state index contributed by atoms with van der Waals surface area (Å²) in [6, 6.07) is 5.66. The maximum Gasteiger partial charge on any atom is 0.490 e. The van der Waals surface area contributed by atoms with Crippen molar-refractivity contribution < 1.29 is 60.4 Å². The van der Waals surface area contributed by atoms with E-state index in [1.807, 2.05) is 18.2 Å². The number of aliphatic carboxylic acids is 2. The SMILES string of the molecule is COc1cc(N2CC3(C2)OCCC3COc2cccnc2)ncn1.O=C(O)C(F)(F)F.O=C(O)C(F)(F)F. The number of nitrogens with zero attached hydrogens (tertiary/aromatic N) is 4. The fraction of sp³-hybridized carbons (Fsp3) is 0.476. The third-order valence-electron chi connectivity index (χ3n) is 5.25. The van der Waals surface area contributed by atoms with E-state index in [0.29, 0.717) is 18.4 Å². The van der Waals surface area contributed by atoms with Gasteiger partial charge in [-0.05, 0) is 18.6 Å². The van der Waals surface area contributed by atoms with Crippen molar-refractivity contribution in [1.29, 1.82) is 0 Å². The molecule has 0 amide bonds. The van der Waals surface area contributed by atoms with Gasteiger partial charge in [0.2, 0.25) is 5.88 Å². The maximum atomic E-state index is 10.6. The van der Waals surface area contributed by atoms with E-state index in [1.54, 1.807) is 19.5 Å². The fourth-order valence-corrected chi connectivity index (χ4v) is 3.38. The third-order valence-corrected chi connectivity index (χ3v) is 5.25. The van der Waals surface area contributed by atoms with Crippen molar-refractivity contribution in [2.45, 2.75) is 24.4 Å². The van der Waals surface area contributed by atoms with Crippen molar-refractivity contribution in [1.82, 2.24) is 15.0 Å². The average Bonchev–Trinajstić information content (AvgIpc) is 3.26. The number of hydrogen-bond acceptors (Lipinski definition) is 9. The summed E-state index contributed by atoms with van der Waals surface area (Å²) < 4.78 is 80.6. The van der Waals surface area contributed by atoms with Crippen molar-refractivity contribution in [3.63, 3.8) is 0 Å². The van der Waals surface area contributed by atoms with Gasteiger partial charge < -0.3 is 29.3 Å². The Hall–Kier alpha value is -3.89. The van der Waals surface area contributed by atoms with E-state index >= 15 is 0 Å².